The molecule has 1 fully saturated rings. The van der Waals surface area contributed by atoms with Crippen molar-refractivity contribution in [1.82, 2.24) is 10.6 Å². The SMILES string of the molecule is CC(=O)NC(CC(=O)NC1CCC(N)CC1)c1ccccc1.Cl. The van der Waals surface area contributed by atoms with E-state index in [1.165, 1.54) is 6.92 Å². The van der Waals surface area contributed by atoms with Crippen molar-refractivity contribution in [3.05, 3.63) is 35.9 Å². The first kappa shape index (κ1) is 19.5. The van der Waals surface area contributed by atoms with Gasteiger partial charge in [0.2, 0.25) is 11.8 Å². The van der Waals surface area contributed by atoms with E-state index < -0.39 is 0 Å². The van der Waals surface area contributed by atoms with Crippen LogP contribution < -0.4 is 16.4 Å². The number of nitrogens with one attached hydrogen (secondary N) is 2. The molecule has 0 aromatic heterocycles. The zero-order valence-electron chi connectivity index (χ0n) is 13.5. The Kier molecular flexibility index (Phi) is 8.06. The predicted molar refractivity (Wildman–Crippen MR) is 93.2 cm³/mol. The molecule has 6 heteroatoms. The van der Waals surface area contributed by atoms with Crippen molar-refractivity contribution in [3.8, 4) is 0 Å². The molecule has 0 radical (unpaired) electrons. The van der Waals surface area contributed by atoms with E-state index in [1.54, 1.807) is 0 Å². The van der Waals surface area contributed by atoms with Gasteiger partial charge in [-0.1, -0.05) is 30.3 Å². The lowest BCUT2D eigenvalue weighted by Gasteiger charge is -2.27. The van der Waals surface area contributed by atoms with Crippen LogP contribution in [0.5, 0.6) is 0 Å². The Morgan fingerprint density at radius 3 is 2.35 bits per heavy atom. The van der Waals surface area contributed by atoms with Crippen LogP contribution >= 0.6 is 12.4 Å². The van der Waals surface area contributed by atoms with Gasteiger partial charge < -0.3 is 16.4 Å². The molecule has 128 valence electrons. The van der Waals surface area contributed by atoms with Crippen LogP contribution in [0.25, 0.3) is 0 Å². The molecule has 0 bridgehead atoms. The van der Waals surface area contributed by atoms with E-state index in [0.717, 1.165) is 31.2 Å². The second kappa shape index (κ2) is 9.53. The number of halogens is 1. The number of hydrogen-bond donors (Lipinski definition) is 3. The minimum absolute atomic E-state index is 0. The highest BCUT2D eigenvalue weighted by Gasteiger charge is 2.22. The highest BCUT2D eigenvalue weighted by Crippen LogP contribution is 2.19. The fourth-order valence-corrected chi connectivity index (χ4v) is 2.92. The van der Waals surface area contributed by atoms with E-state index in [9.17, 15) is 9.59 Å². The van der Waals surface area contributed by atoms with Crippen molar-refractivity contribution < 1.29 is 9.59 Å². The fraction of sp³-hybridized carbons (Fsp3) is 0.529. The average molecular weight is 340 g/mol. The maximum atomic E-state index is 12.3. The summed E-state index contributed by atoms with van der Waals surface area (Å²) in [6.45, 7) is 1.47. The van der Waals surface area contributed by atoms with Gasteiger partial charge in [0.05, 0.1) is 12.5 Å². The zero-order chi connectivity index (χ0) is 15.9. The number of carbonyl (C=O) groups excluding carboxylic acids is 2. The Hall–Kier alpha value is -1.59. The second-order valence-corrected chi connectivity index (χ2v) is 6.05. The molecular weight excluding hydrogens is 314 g/mol. The van der Waals surface area contributed by atoms with Crippen LogP contribution in [-0.4, -0.2) is 23.9 Å². The van der Waals surface area contributed by atoms with Crippen LogP contribution in [0.15, 0.2) is 30.3 Å². The monoisotopic (exact) mass is 339 g/mol. The van der Waals surface area contributed by atoms with Crippen LogP contribution in [0.1, 0.15) is 50.6 Å². The third kappa shape index (κ3) is 6.59. The van der Waals surface area contributed by atoms with Crippen molar-refractivity contribution in [2.45, 2.75) is 57.2 Å². The molecule has 1 aromatic rings. The van der Waals surface area contributed by atoms with Crippen molar-refractivity contribution in [2.75, 3.05) is 0 Å². The molecule has 0 aliphatic heterocycles. The maximum absolute atomic E-state index is 12.3. The van der Waals surface area contributed by atoms with Crippen LogP contribution in [-0.2, 0) is 9.59 Å². The number of nitrogens with two attached hydrogens (primary N) is 1. The van der Waals surface area contributed by atoms with Gasteiger partial charge >= 0.3 is 0 Å². The summed E-state index contributed by atoms with van der Waals surface area (Å²) in [5.74, 6) is -0.159. The highest BCUT2D eigenvalue weighted by atomic mass is 35.5. The van der Waals surface area contributed by atoms with Gasteiger partial charge in [-0.05, 0) is 31.2 Å². The molecule has 1 unspecified atom stereocenters. The molecule has 1 aliphatic carbocycles. The van der Waals surface area contributed by atoms with Crippen molar-refractivity contribution in [3.63, 3.8) is 0 Å². The molecule has 23 heavy (non-hydrogen) atoms. The third-order valence-corrected chi connectivity index (χ3v) is 4.11. The number of amides is 2. The first-order chi connectivity index (χ1) is 10.5. The smallest absolute Gasteiger partial charge is 0.222 e. The molecule has 1 atom stereocenters. The molecule has 0 spiro atoms. The average Bonchev–Trinajstić information content (AvgIpc) is 2.49. The van der Waals surface area contributed by atoms with Gasteiger partial charge in [-0.15, -0.1) is 12.4 Å². The Balaban J connectivity index is 0.00000264. The Morgan fingerprint density at radius 2 is 1.78 bits per heavy atom. The van der Waals surface area contributed by atoms with Gasteiger partial charge in [-0.2, -0.15) is 0 Å². The van der Waals surface area contributed by atoms with Gasteiger partial charge in [0.1, 0.15) is 0 Å². The van der Waals surface area contributed by atoms with Crippen molar-refractivity contribution >= 4 is 24.2 Å². The quantitative estimate of drug-likeness (QED) is 0.767. The van der Waals surface area contributed by atoms with E-state index in [2.05, 4.69) is 10.6 Å². The lowest BCUT2D eigenvalue weighted by atomic mass is 9.91. The standard InChI is InChI=1S/C17H25N3O2.ClH/c1-12(21)19-16(13-5-3-2-4-6-13)11-17(22)20-15-9-7-14(18)8-10-15;/h2-6,14-16H,7-11,18H2,1H3,(H,19,21)(H,20,22);1H. The summed E-state index contributed by atoms with van der Waals surface area (Å²) in [5, 5.41) is 5.92. The summed E-state index contributed by atoms with van der Waals surface area (Å²) in [6.07, 6.45) is 4.04. The topological polar surface area (TPSA) is 84.2 Å². The van der Waals surface area contributed by atoms with E-state index >= 15 is 0 Å². The molecule has 2 amide bonds. The fourth-order valence-electron chi connectivity index (χ4n) is 2.92. The Morgan fingerprint density at radius 1 is 1.17 bits per heavy atom. The van der Waals surface area contributed by atoms with E-state index in [-0.39, 0.29) is 48.8 Å². The number of hydrogen-bond acceptors (Lipinski definition) is 3. The first-order valence-electron chi connectivity index (χ1n) is 7.91. The molecule has 1 aromatic carbocycles. The van der Waals surface area contributed by atoms with Crippen molar-refractivity contribution in [2.24, 2.45) is 5.73 Å². The Bertz CT molecular complexity index is 502. The largest absolute Gasteiger partial charge is 0.353 e. The summed E-state index contributed by atoms with van der Waals surface area (Å²) < 4.78 is 0. The van der Waals surface area contributed by atoms with Crippen LogP contribution in [0, 0.1) is 0 Å². The predicted octanol–water partition coefficient (Wildman–Crippen LogP) is 2.06. The van der Waals surface area contributed by atoms with Crippen LogP contribution in [0.2, 0.25) is 0 Å². The summed E-state index contributed by atoms with van der Waals surface area (Å²) in [6, 6.07) is 9.77. The molecule has 0 saturated heterocycles. The van der Waals surface area contributed by atoms with Gasteiger partial charge in [0.15, 0.2) is 0 Å². The number of benzene rings is 1. The minimum atomic E-state index is -0.287. The van der Waals surface area contributed by atoms with Gasteiger partial charge in [-0.25, -0.2) is 0 Å². The summed E-state index contributed by atoms with van der Waals surface area (Å²) in [4.78, 5) is 23.6. The lowest BCUT2D eigenvalue weighted by molar-refractivity contribution is -0.123. The highest BCUT2D eigenvalue weighted by molar-refractivity contribution is 5.85. The zero-order valence-corrected chi connectivity index (χ0v) is 14.3. The maximum Gasteiger partial charge on any atom is 0.222 e. The second-order valence-electron chi connectivity index (χ2n) is 6.05. The van der Waals surface area contributed by atoms with Gasteiger partial charge in [0, 0.05) is 19.0 Å². The summed E-state index contributed by atoms with van der Waals surface area (Å²) in [5.41, 5.74) is 6.82. The van der Waals surface area contributed by atoms with Crippen LogP contribution in [0.3, 0.4) is 0 Å². The summed E-state index contributed by atoms with van der Waals surface area (Å²) >= 11 is 0. The molecule has 2 rings (SSSR count). The minimum Gasteiger partial charge on any atom is -0.353 e. The van der Waals surface area contributed by atoms with Gasteiger partial charge in [0.25, 0.3) is 0 Å². The van der Waals surface area contributed by atoms with E-state index in [0.29, 0.717) is 0 Å². The lowest BCUT2D eigenvalue weighted by Crippen LogP contribution is -2.42. The van der Waals surface area contributed by atoms with E-state index in [1.807, 2.05) is 30.3 Å². The first-order valence-corrected chi connectivity index (χ1v) is 7.91. The summed E-state index contributed by atoms with van der Waals surface area (Å²) in [7, 11) is 0. The van der Waals surface area contributed by atoms with Crippen LogP contribution in [0.4, 0.5) is 0 Å². The molecular formula is C17H26ClN3O2. The van der Waals surface area contributed by atoms with E-state index in [4.69, 9.17) is 5.73 Å². The normalized spacial score (nSPS) is 21.7. The Labute approximate surface area is 143 Å². The molecule has 0 heterocycles. The van der Waals surface area contributed by atoms with Crippen molar-refractivity contribution in [1.29, 1.82) is 0 Å². The van der Waals surface area contributed by atoms with Gasteiger partial charge in [-0.3, -0.25) is 9.59 Å². The molecule has 5 nitrogen and oxygen atoms in total. The molecule has 1 aliphatic rings. The number of carbonyl (C=O) groups is 2. The molecule has 1 saturated carbocycles. The molecule has 4 N–H and O–H groups in total. The third-order valence-electron chi connectivity index (χ3n) is 4.11. The number of rotatable bonds is 5.